The number of hydrogen-bond donors (Lipinski definition) is 1. The molecule has 1 aliphatic heterocycles. The van der Waals surface area contributed by atoms with Crippen LogP contribution in [0.4, 0.5) is 5.69 Å². The van der Waals surface area contributed by atoms with Crippen molar-refractivity contribution in [1.82, 2.24) is 0 Å². The lowest BCUT2D eigenvalue weighted by Crippen LogP contribution is -2.07. The minimum absolute atomic E-state index is 0.227. The van der Waals surface area contributed by atoms with Gasteiger partial charge in [-0.05, 0) is 60.9 Å². The summed E-state index contributed by atoms with van der Waals surface area (Å²) >= 11 is 1.83. The van der Waals surface area contributed by atoms with Crippen LogP contribution in [-0.4, -0.2) is 6.79 Å². The molecule has 0 saturated carbocycles. The Hall–Kier alpha value is -1.94. The van der Waals surface area contributed by atoms with Crippen molar-refractivity contribution in [2.75, 3.05) is 12.1 Å². The Bertz CT molecular complexity index is 720. The second kappa shape index (κ2) is 5.69. The molecule has 1 N–H and O–H groups in total. The van der Waals surface area contributed by atoms with Crippen molar-refractivity contribution in [3.63, 3.8) is 0 Å². The van der Waals surface area contributed by atoms with Gasteiger partial charge >= 0.3 is 0 Å². The second-order valence-electron chi connectivity index (χ2n) is 5.76. The van der Waals surface area contributed by atoms with Crippen LogP contribution in [0, 0.1) is 0 Å². The molecule has 22 heavy (non-hydrogen) atoms. The van der Waals surface area contributed by atoms with Gasteiger partial charge in [0.25, 0.3) is 0 Å². The summed E-state index contributed by atoms with van der Waals surface area (Å²) in [4.78, 5) is 1.39. The van der Waals surface area contributed by atoms with Crippen LogP contribution < -0.4 is 14.8 Å². The summed E-state index contributed by atoms with van der Waals surface area (Å²) in [5.74, 6) is 1.68. The van der Waals surface area contributed by atoms with Gasteiger partial charge < -0.3 is 14.8 Å². The van der Waals surface area contributed by atoms with Crippen LogP contribution >= 0.6 is 11.3 Å². The topological polar surface area (TPSA) is 30.5 Å². The van der Waals surface area contributed by atoms with E-state index in [0.29, 0.717) is 6.79 Å². The third-order valence-corrected chi connectivity index (χ3v) is 5.26. The monoisotopic (exact) mass is 313 g/mol. The third-order valence-electron chi connectivity index (χ3n) is 4.27. The Morgan fingerprint density at radius 1 is 1.18 bits per heavy atom. The van der Waals surface area contributed by atoms with Crippen LogP contribution in [0.5, 0.6) is 11.5 Å². The molecule has 1 atom stereocenters. The van der Waals surface area contributed by atoms with Crippen molar-refractivity contribution in [3.05, 3.63) is 46.2 Å². The molecule has 4 heteroatoms. The summed E-state index contributed by atoms with van der Waals surface area (Å²) < 4.78 is 10.8. The lowest BCUT2D eigenvalue weighted by Gasteiger charge is -2.17. The first-order chi connectivity index (χ1) is 10.8. The molecule has 1 aliphatic carbocycles. The van der Waals surface area contributed by atoms with Gasteiger partial charge in [-0.1, -0.05) is 12.1 Å². The van der Waals surface area contributed by atoms with Crippen molar-refractivity contribution in [2.45, 2.75) is 32.2 Å². The average Bonchev–Trinajstić information content (AvgIpc) is 3.27. The van der Waals surface area contributed by atoms with E-state index in [9.17, 15) is 0 Å². The van der Waals surface area contributed by atoms with E-state index in [1.807, 2.05) is 17.4 Å². The van der Waals surface area contributed by atoms with Gasteiger partial charge in [-0.15, -0.1) is 11.3 Å². The number of ether oxygens (including phenoxy) is 2. The molecule has 0 radical (unpaired) electrons. The van der Waals surface area contributed by atoms with E-state index in [1.165, 1.54) is 41.0 Å². The molecule has 114 valence electrons. The number of benzene rings is 1. The highest BCUT2D eigenvalue weighted by Gasteiger charge is 2.18. The number of fused-ring (bicyclic) bond motifs is 1. The predicted molar refractivity (Wildman–Crippen MR) is 90.7 cm³/mol. The smallest absolute Gasteiger partial charge is 0.231 e. The first-order valence-electron chi connectivity index (χ1n) is 7.74. The summed E-state index contributed by atoms with van der Waals surface area (Å²) in [7, 11) is 0. The largest absolute Gasteiger partial charge is 0.454 e. The first kappa shape index (κ1) is 13.7. The molecule has 4 rings (SSSR count). The Morgan fingerprint density at radius 3 is 2.95 bits per heavy atom. The zero-order valence-corrected chi connectivity index (χ0v) is 13.4. The van der Waals surface area contributed by atoms with E-state index >= 15 is 0 Å². The molecule has 0 bridgehead atoms. The van der Waals surface area contributed by atoms with Crippen molar-refractivity contribution in [2.24, 2.45) is 0 Å². The fourth-order valence-corrected chi connectivity index (χ4v) is 3.98. The van der Waals surface area contributed by atoms with Gasteiger partial charge in [0, 0.05) is 6.04 Å². The zero-order valence-electron chi connectivity index (χ0n) is 12.6. The lowest BCUT2D eigenvalue weighted by atomic mass is 10.1. The summed E-state index contributed by atoms with van der Waals surface area (Å²) in [5.41, 5.74) is 3.94. The van der Waals surface area contributed by atoms with Crippen LogP contribution in [-0.2, 0) is 0 Å². The van der Waals surface area contributed by atoms with Gasteiger partial charge in [0.1, 0.15) is 0 Å². The van der Waals surface area contributed by atoms with Crippen LogP contribution in [0.1, 0.15) is 42.7 Å². The second-order valence-corrected chi connectivity index (χ2v) is 6.68. The highest BCUT2D eigenvalue weighted by molar-refractivity contribution is 7.11. The molecule has 0 spiro atoms. The SMILES string of the molecule is CC(Nc1ccsc1C1=CCCC1)c1ccc2c(c1)OCO2. The molecule has 2 aliphatic rings. The van der Waals surface area contributed by atoms with Crippen molar-refractivity contribution in [1.29, 1.82) is 0 Å². The molecule has 0 saturated heterocycles. The maximum Gasteiger partial charge on any atom is 0.231 e. The quantitative estimate of drug-likeness (QED) is 0.839. The molecule has 0 amide bonds. The lowest BCUT2D eigenvalue weighted by molar-refractivity contribution is 0.174. The van der Waals surface area contributed by atoms with E-state index in [4.69, 9.17) is 9.47 Å². The minimum atomic E-state index is 0.227. The Labute approximate surface area is 134 Å². The zero-order chi connectivity index (χ0) is 14.9. The van der Waals surface area contributed by atoms with E-state index in [1.54, 1.807) is 0 Å². The molecule has 1 unspecified atom stereocenters. The van der Waals surface area contributed by atoms with Gasteiger partial charge in [-0.25, -0.2) is 0 Å². The number of anilines is 1. The van der Waals surface area contributed by atoms with Gasteiger partial charge in [-0.3, -0.25) is 0 Å². The van der Waals surface area contributed by atoms with Gasteiger partial charge in [0.05, 0.1) is 10.6 Å². The number of hydrogen-bond acceptors (Lipinski definition) is 4. The molecular formula is C18H19NO2S. The van der Waals surface area contributed by atoms with E-state index in [2.05, 4.69) is 41.9 Å². The normalized spacial score (nSPS) is 17.4. The predicted octanol–water partition coefficient (Wildman–Crippen LogP) is 5.22. The number of allylic oxidation sites excluding steroid dienone is 2. The fraction of sp³-hybridized carbons (Fsp3) is 0.333. The van der Waals surface area contributed by atoms with E-state index in [-0.39, 0.29) is 6.04 Å². The minimum Gasteiger partial charge on any atom is -0.454 e. The fourth-order valence-electron chi connectivity index (χ4n) is 3.05. The molecule has 2 aromatic rings. The Morgan fingerprint density at radius 2 is 2.09 bits per heavy atom. The maximum absolute atomic E-state index is 5.47. The summed E-state index contributed by atoms with van der Waals surface area (Å²) in [5, 5.41) is 5.82. The van der Waals surface area contributed by atoms with Crippen LogP contribution in [0.25, 0.3) is 5.57 Å². The van der Waals surface area contributed by atoms with Crippen molar-refractivity contribution >= 4 is 22.6 Å². The van der Waals surface area contributed by atoms with Gasteiger partial charge in [0.2, 0.25) is 6.79 Å². The van der Waals surface area contributed by atoms with E-state index in [0.717, 1.165) is 11.5 Å². The number of rotatable bonds is 4. The van der Waals surface area contributed by atoms with Crippen molar-refractivity contribution < 1.29 is 9.47 Å². The number of thiophene rings is 1. The van der Waals surface area contributed by atoms with Crippen LogP contribution in [0.15, 0.2) is 35.7 Å². The summed E-state index contributed by atoms with van der Waals surface area (Å²) in [6, 6.07) is 8.57. The van der Waals surface area contributed by atoms with Gasteiger partial charge in [-0.2, -0.15) is 0 Å². The Kier molecular flexibility index (Phi) is 3.54. The molecule has 3 nitrogen and oxygen atoms in total. The Balaban J connectivity index is 1.55. The van der Waals surface area contributed by atoms with Crippen molar-refractivity contribution in [3.8, 4) is 11.5 Å². The van der Waals surface area contributed by atoms with E-state index < -0.39 is 0 Å². The summed E-state index contributed by atoms with van der Waals surface area (Å²) in [6.45, 7) is 2.51. The summed E-state index contributed by atoms with van der Waals surface area (Å²) in [6.07, 6.45) is 6.07. The highest BCUT2D eigenvalue weighted by Crippen LogP contribution is 2.39. The van der Waals surface area contributed by atoms with Crippen LogP contribution in [0.3, 0.4) is 0 Å². The first-order valence-corrected chi connectivity index (χ1v) is 8.62. The third kappa shape index (κ3) is 2.48. The number of nitrogens with one attached hydrogen (secondary N) is 1. The van der Waals surface area contributed by atoms with Gasteiger partial charge in [0.15, 0.2) is 11.5 Å². The highest BCUT2D eigenvalue weighted by atomic mass is 32.1. The average molecular weight is 313 g/mol. The molecule has 1 aromatic heterocycles. The molecule has 0 fully saturated rings. The maximum atomic E-state index is 5.47. The molecular weight excluding hydrogens is 294 g/mol. The standard InChI is InChI=1S/C18H19NO2S/c1-12(14-6-7-16-17(10-14)21-11-20-16)19-15-8-9-22-18(15)13-4-2-3-5-13/h4,6-10,12,19H,2-3,5,11H2,1H3. The molecule has 2 heterocycles. The molecule has 1 aromatic carbocycles. The van der Waals surface area contributed by atoms with Crippen LogP contribution in [0.2, 0.25) is 0 Å².